The molecule has 0 saturated heterocycles. The molecule has 0 amide bonds. The number of rotatable bonds is 4. The van der Waals surface area contributed by atoms with Gasteiger partial charge in [0.15, 0.2) is 0 Å². The van der Waals surface area contributed by atoms with Gasteiger partial charge in [0.2, 0.25) is 0 Å². The first-order valence-electron chi connectivity index (χ1n) is 4.09. The van der Waals surface area contributed by atoms with Crippen LogP contribution < -0.4 is 0 Å². The van der Waals surface area contributed by atoms with Crippen LogP contribution in [0.1, 0.15) is 17.7 Å². The summed E-state index contributed by atoms with van der Waals surface area (Å²) >= 11 is 1.47. The van der Waals surface area contributed by atoms with Crippen molar-refractivity contribution in [2.45, 2.75) is 12.8 Å². The molecule has 1 aromatic heterocycles. The van der Waals surface area contributed by atoms with E-state index in [0.29, 0.717) is 12.1 Å². The summed E-state index contributed by atoms with van der Waals surface area (Å²) in [6, 6.07) is 3.71. The first-order chi connectivity index (χ1) is 6.77. The topological polar surface area (TPSA) is 58.9 Å². The van der Waals surface area contributed by atoms with E-state index in [1.807, 2.05) is 17.5 Å². The van der Waals surface area contributed by atoms with E-state index in [-0.39, 0.29) is 12.4 Å². The van der Waals surface area contributed by atoms with Crippen LogP contribution in [0, 0.1) is 0 Å². The van der Waals surface area contributed by atoms with Crippen molar-refractivity contribution in [3.63, 3.8) is 0 Å². The number of carbonyl (C=O) groups is 1. The highest BCUT2D eigenvalue weighted by atomic mass is 32.1. The van der Waals surface area contributed by atoms with Gasteiger partial charge in [-0.3, -0.25) is 4.79 Å². The lowest BCUT2D eigenvalue weighted by atomic mass is 10.2. The van der Waals surface area contributed by atoms with Crippen LogP contribution in [-0.4, -0.2) is 24.0 Å². The zero-order valence-corrected chi connectivity index (χ0v) is 8.58. The van der Waals surface area contributed by atoms with Crippen LogP contribution in [0.5, 0.6) is 0 Å². The molecule has 0 spiro atoms. The van der Waals surface area contributed by atoms with Crippen LogP contribution in [0.2, 0.25) is 0 Å². The monoisotopic (exact) mass is 213 g/mol. The maximum Gasteiger partial charge on any atom is 0.305 e. The molecule has 1 rings (SSSR count). The Morgan fingerprint density at radius 1 is 1.64 bits per heavy atom. The smallest absolute Gasteiger partial charge is 0.305 e. The lowest BCUT2D eigenvalue weighted by molar-refractivity contribution is -0.140. The van der Waals surface area contributed by atoms with Gasteiger partial charge in [-0.1, -0.05) is 11.2 Å². The molecular formula is C9H11NO3S. The molecular weight excluding hydrogens is 202 g/mol. The number of hydrogen-bond donors (Lipinski definition) is 1. The average Bonchev–Trinajstić information content (AvgIpc) is 2.72. The highest BCUT2D eigenvalue weighted by Gasteiger charge is 2.08. The molecule has 0 aliphatic rings. The van der Waals surface area contributed by atoms with E-state index in [0.717, 1.165) is 4.88 Å². The van der Waals surface area contributed by atoms with Crippen molar-refractivity contribution in [3.8, 4) is 0 Å². The summed E-state index contributed by atoms with van der Waals surface area (Å²) in [6.07, 6.45) is 0.622. The van der Waals surface area contributed by atoms with Crippen molar-refractivity contribution in [1.82, 2.24) is 0 Å². The molecule has 0 saturated carbocycles. The van der Waals surface area contributed by atoms with Gasteiger partial charge < -0.3 is 9.94 Å². The second-order valence-electron chi connectivity index (χ2n) is 2.60. The van der Waals surface area contributed by atoms with Crippen LogP contribution in [0.15, 0.2) is 22.7 Å². The molecule has 1 N–H and O–H groups in total. The van der Waals surface area contributed by atoms with E-state index in [1.165, 1.54) is 18.4 Å². The molecule has 0 aromatic carbocycles. The number of carbonyl (C=O) groups excluding carboxylic acids is 1. The number of nitrogens with zero attached hydrogens (tertiary/aromatic N) is 1. The van der Waals surface area contributed by atoms with Crippen LogP contribution in [0.25, 0.3) is 0 Å². The number of oxime groups is 1. The van der Waals surface area contributed by atoms with Crippen molar-refractivity contribution >= 4 is 23.0 Å². The average molecular weight is 213 g/mol. The summed E-state index contributed by atoms with van der Waals surface area (Å²) in [6.45, 7) is 0. The molecule has 0 fully saturated rings. The fourth-order valence-corrected chi connectivity index (χ4v) is 1.73. The van der Waals surface area contributed by atoms with Gasteiger partial charge in [-0.05, 0) is 11.4 Å². The second kappa shape index (κ2) is 5.39. The Labute approximate surface area is 85.8 Å². The predicted octanol–water partition coefficient (Wildman–Crippen LogP) is 1.88. The van der Waals surface area contributed by atoms with E-state index in [1.54, 1.807) is 0 Å². The van der Waals surface area contributed by atoms with Crippen molar-refractivity contribution in [1.29, 1.82) is 0 Å². The van der Waals surface area contributed by atoms with Gasteiger partial charge >= 0.3 is 5.97 Å². The van der Waals surface area contributed by atoms with Crippen LogP contribution in [-0.2, 0) is 9.53 Å². The van der Waals surface area contributed by atoms with E-state index < -0.39 is 0 Å². The van der Waals surface area contributed by atoms with Gasteiger partial charge in [-0.2, -0.15) is 0 Å². The third kappa shape index (κ3) is 2.85. The van der Waals surface area contributed by atoms with Gasteiger partial charge in [-0.15, -0.1) is 11.3 Å². The van der Waals surface area contributed by atoms with Gasteiger partial charge in [0, 0.05) is 6.42 Å². The van der Waals surface area contributed by atoms with Gasteiger partial charge in [0.25, 0.3) is 0 Å². The summed E-state index contributed by atoms with van der Waals surface area (Å²) in [5.41, 5.74) is 0.519. The number of hydrogen-bond acceptors (Lipinski definition) is 5. The number of thiophene rings is 1. The summed E-state index contributed by atoms with van der Waals surface area (Å²) in [4.78, 5) is 11.7. The Hall–Kier alpha value is -1.36. The van der Waals surface area contributed by atoms with E-state index >= 15 is 0 Å². The summed E-state index contributed by atoms with van der Waals surface area (Å²) < 4.78 is 4.49. The molecule has 1 aromatic rings. The predicted molar refractivity (Wildman–Crippen MR) is 53.9 cm³/mol. The van der Waals surface area contributed by atoms with E-state index in [9.17, 15) is 4.79 Å². The minimum absolute atomic E-state index is 0.230. The molecule has 76 valence electrons. The van der Waals surface area contributed by atoms with Crippen LogP contribution >= 0.6 is 11.3 Å². The molecule has 0 radical (unpaired) electrons. The normalized spacial score (nSPS) is 11.4. The number of ether oxygens (including phenoxy) is 1. The van der Waals surface area contributed by atoms with Crippen molar-refractivity contribution in [3.05, 3.63) is 22.4 Å². The lowest BCUT2D eigenvalue weighted by Gasteiger charge is -2.00. The molecule has 0 bridgehead atoms. The Morgan fingerprint density at radius 3 is 2.93 bits per heavy atom. The Morgan fingerprint density at radius 2 is 2.43 bits per heavy atom. The zero-order chi connectivity index (χ0) is 10.4. The first-order valence-corrected chi connectivity index (χ1v) is 4.97. The maximum atomic E-state index is 10.8. The molecule has 4 nitrogen and oxygen atoms in total. The quantitative estimate of drug-likeness (QED) is 0.359. The molecule has 1 heterocycles. The maximum absolute atomic E-state index is 10.8. The fourth-order valence-electron chi connectivity index (χ4n) is 0.988. The summed E-state index contributed by atoms with van der Waals surface area (Å²) in [7, 11) is 1.34. The third-order valence-electron chi connectivity index (χ3n) is 1.72. The molecule has 0 atom stereocenters. The molecule has 0 unspecified atom stereocenters. The molecule has 0 aliphatic carbocycles. The Bertz CT molecular complexity index is 319. The van der Waals surface area contributed by atoms with Crippen molar-refractivity contribution in [2.75, 3.05) is 7.11 Å². The van der Waals surface area contributed by atoms with Crippen molar-refractivity contribution < 1.29 is 14.7 Å². The molecule has 5 heteroatoms. The molecule has 14 heavy (non-hydrogen) atoms. The molecule has 0 aliphatic heterocycles. The highest BCUT2D eigenvalue weighted by molar-refractivity contribution is 7.12. The summed E-state index contributed by atoms with van der Waals surface area (Å²) in [5.74, 6) is -0.303. The van der Waals surface area contributed by atoms with Gasteiger partial charge in [0.1, 0.15) is 0 Å². The van der Waals surface area contributed by atoms with Gasteiger partial charge in [-0.25, -0.2) is 0 Å². The van der Waals surface area contributed by atoms with Crippen LogP contribution in [0.3, 0.4) is 0 Å². The van der Waals surface area contributed by atoms with E-state index in [4.69, 9.17) is 5.21 Å². The second-order valence-corrected chi connectivity index (χ2v) is 3.55. The Kier molecular flexibility index (Phi) is 4.12. The van der Waals surface area contributed by atoms with Crippen molar-refractivity contribution in [2.24, 2.45) is 5.16 Å². The first kappa shape index (κ1) is 10.7. The van der Waals surface area contributed by atoms with E-state index in [2.05, 4.69) is 9.89 Å². The lowest BCUT2D eigenvalue weighted by Crippen LogP contribution is -2.05. The number of esters is 1. The standard InChI is InChI=1S/C9H11NO3S/c1-13-9(11)5-4-7(10-12)8-3-2-6-14-8/h2-3,6,12H,4-5H2,1H3/b10-7-. The minimum atomic E-state index is -0.303. The minimum Gasteiger partial charge on any atom is -0.469 e. The zero-order valence-electron chi connectivity index (χ0n) is 7.77. The largest absolute Gasteiger partial charge is 0.469 e. The summed E-state index contributed by atoms with van der Waals surface area (Å²) in [5, 5.41) is 13.8. The Balaban J connectivity index is 2.54. The fraction of sp³-hybridized carbons (Fsp3) is 0.333. The third-order valence-corrected chi connectivity index (χ3v) is 2.64. The highest BCUT2D eigenvalue weighted by Crippen LogP contribution is 2.13. The van der Waals surface area contributed by atoms with Gasteiger partial charge in [0.05, 0.1) is 24.1 Å². The SMILES string of the molecule is COC(=O)CC/C(=N/O)c1cccs1. The number of methoxy groups -OCH3 is 1. The van der Waals surface area contributed by atoms with Crippen LogP contribution in [0.4, 0.5) is 0 Å².